The maximum Gasteiger partial charge on any atom is 0.224 e. The van der Waals surface area contributed by atoms with Gasteiger partial charge in [0.2, 0.25) is 5.91 Å². The van der Waals surface area contributed by atoms with Crippen molar-refractivity contribution in [2.24, 2.45) is 0 Å². The molecule has 2 aromatic carbocycles. The third kappa shape index (κ3) is 4.98. The summed E-state index contributed by atoms with van der Waals surface area (Å²) in [5.41, 5.74) is 3.23. The van der Waals surface area contributed by atoms with Crippen LogP contribution in [0.5, 0.6) is 5.75 Å². The van der Waals surface area contributed by atoms with Crippen LogP contribution >= 0.6 is 0 Å². The number of nitrogens with one attached hydrogen (secondary N) is 1. The average Bonchev–Trinajstić information content (AvgIpc) is 3.14. The van der Waals surface area contributed by atoms with Gasteiger partial charge in [0.05, 0.1) is 13.0 Å². The van der Waals surface area contributed by atoms with Crippen molar-refractivity contribution in [1.82, 2.24) is 9.88 Å². The Morgan fingerprint density at radius 1 is 1.04 bits per heavy atom. The summed E-state index contributed by atoms with van der Waals surface area (Å²) >= 11 is 0. The number of amides is 1. The number of hydrogen-bond acceptors (Lipinski definition) is 2. The molecule has 0 atom stereocenters. The van der Waals surface area contributed by atoms with Crippen LogP contribution in [0.25, 0.3) is 5.69 Å². The Morgan fingerprint density at radius 2 is 1.80 bits per heavy atom. The molecule has 1 N–H and O–H groups in total. The fourth-order valence-electron chi connectivity index (χ4n) is 2.60. The third-order valence-electron chi connectivity index (χ3n) is 3.89. The lowest BCUT2D eigenvalue weighted by atomic mass is 10.1. The quantitative estimate of drug-likeness (QED) is 0.672. The summed E-state index contributed by atoms with van der Waals surface area (Å²) in [6.07, 6.45) is 4.36. The number of rotatable bonds is 7. The van der Waals surface area contributed by atoms with Crippen molar-refractivity contribution < 1.29 is 9.53 Å². The Labute approximate surface area is 148 Å². The maximum absolute atomic E-state index is 12.0. The van der Waals surface area contributed by atoms with Gasteiger partial charge in [-0.3, -0.25) is 4.79 Å². The fraction of sp³-hybridized carbons (Fsp3) is 0.190. The number of carbonyl (C=O) groups is 1. The molecule has 1 aromatic heterocycles. The summed E-state index contributed by atoms with van der Waals surface area (Å²) < 4.78 is 7.66. The second-order valence-corrected chi connectivity index (χ2v) is 5.95. The molecule has 1 amide bonds. The Hall–Kier alpha value is -3.01. The highest BCUT2D eigenvalue weighted by Crippen LogP contribution is 2.12. The SMILES string of the molecule is Cc1cccc(OCCNC(=O)Cc2ccc(-n3cccc3)cc2)c1. The van der Waals surface area contributed by atoms with E-state index in [0.29, 0.717) is 19.6 Å². The minimum absolute atomic E-state index is 0.00144. The molecule has 0 radical (unpaired) electrons. The molecule has 3 aromatic rings. The number of benzene rings is 2. The van der Waals surface area contributed by atoms with Crippen LogP contribution in [-0.4, -0.2) is 23.6 Å². The van der Waals surface area contributed by atoms with Crippen LogP contribution in [0.4, 0.5) is 0 Å². The summed E-state index contributed by atoms with van der Waals surface area (Å²) in [4.78, 5) is 12.0. The highest BCUT2D eigenvalue weighted by Gasteiger charge is 2.04. The van der Waals surface area contributed by atoms with Crippen LogP contribution < -0.4 is 10.1 Å². The molecule has 3 rings (SSSR count). The van der Waals surface area contributed by atoms with Gasteiger partial charge in [-0.25, -0.2) is 0 Å². The van der Waals surface area contributed by atoms with Crippen LogP contribution in [0.15, 0.2) is 73.1 Å². The molecule has 0 saturated heterocycles. The molecule has 0 aliphatic carbocycles. The van der Waals surface area contributed by atoms with Gasteiger partial charge in [-0.2, -0.15) is 0 Å². The number of aryl methyl sites for hydroxylation is 1. The zero-order valence-electron chi connectivity index (χ0n) is 14.3. The first-order chi connectivity index (χ1) is 12.2. The van der Waals surface area contributed by atoms with Gasteiger partial charge >= 0.3 is 0 Å². The first-order valence-corrected chi connectivity index (χ1v) is 8.39. The Balaban J connectivity index is 1.41. The summed E-state index contributed by atoms with van der Waals surface area (Å²) in [5, 5.41) is 2.89. The van der Waals surface area contributed by atoms with Crippen molar-refractivity contribution in [3.63, 3.8) is 0 Å². The van der Waals surface area contributed by atoms with Gasteiger partial charge in [0.15, 0.2) is 0 Å². The molecule has 0 fully saturated rings. The molecular formula is C21H22N2O2. The second-order valence-electron chi connectivity index (χ2n) is 5.95. The third-order valence-corrected chi connectivity index (χ3v) is 3.89. The van der Waals surface area contributed by atoms with Crippen molar-refractivity contribution in [3.05, 3.63) is 84.2 Å². The van der Waals surface area contributed by atoms with E-state index in [2.05, 4.69) is 5.32 Å². The van der Waals surface area contributed by atoms with Gasteiger partial charge in [0.1, 0.15) is 12.4 Å². The van der Waals surface area contributed by atoms with Crippen LogP contribution in [-0.2, 0) is 11.2 Å². The van der Waals surface area contributed by atoms with Gasteiger partial charge in [-0.15, -0.1) is 0 Å². The normalized spacial score (nSPS) is 10.4. The average molecular weight is 334 g/mol. The molecular weight excluding hydrogens is 312 g/mol. The first-order valence-electron chi connectivity index (χ1n) is 8.39. The summed E-state index contributed by atoms with van der Waals surface area (Å²) in [6, 6.07) is 19.9. The van der Waals surface area contributed by atoms with Crippen molar-refractivity contribution in [3.8, 4) is 11.4 Å². The topological polar surface area (TPSA) is 43.3 Å². The predicted octanol–water partition coefficient (Wildman–Crippen LogP) is 3.52. The molecule has 0 unspecified atom stereocenters. The lowest BCUT2D eigenvalue weighted by Crippen LogP contribution is -2.29. The van der Waals surface area contributed by atoms with E-state index in [4.69, 9.17) is 4.74 Å². The van der Waals surface area contributed by atoms with E-state index in [1.165, 1.54) is 0 Å². The number of aromatic nitrogens is 1. The summed E-state index contributed by atoms with van der Waals surface area (Å²) in [7, 11) is 0. The number of nitrogens with zero attached hydrogens (tertiary/aromatic N) is 1. The molecule has 0 saturated carbocycles. The minimum atomic E-state index is 0.00144. The second kappa shape index (κ2) is 8.20. The predicted molar refractivity (Wildman–Crippen MR) is 99.2 cm³/mol. The molecule has 25 heavy (non-hydrogen) atoms. The molecule has 0 aliphatic rings. The van der Waals surface area contributed by atoms with E-state index in [1.807, 2.05) is 84.5 Å². The van der Waals surface area contributed by atoms with Gasteiger partial charge in [-0.1, -0.05) is 24.3 Å². The fourth-order valence-corrected chi connectivity index (χ4v) is 2.60. The molecule has 4 nitrogen and oxygen atoms in total. The van der Waals surface area contributed by atoms with Gasteiger partial charge in [0.25, 0.3) is 0 Å². The molecule has 4 heteroatoms. The molecule has 0 bridgehead atoms. The van der Waals surface area contributed by atoms with Crippen molar-refractivity contribution in [2.75, 3.05) is 13.2 Å². The Bertz CT molecular complexity index is 808. The molecule has 128 valence electrons. The zero-order valence-corrected chi connectivity index (χ0v) is 14.3. The maximum atomic E-state index is 12.0. The zero-order chi connectivity index (χ0) is 17.5. The van der Waals surface area contributed by atoms with E-state index in [0.717, 1.165) is 22.6 Å². The van der Waals surface area contributed by atoms with Crippen LogP contribution in [0.2, 0.25) is 0 Å². The summed E-state index contributed by atoms with van der Waals surface area (Å²) in [6.45, 7) is 2.98. The lowest BCUT2D eigenvalue weighted by molar-refractivity contribution is -0.120. The van der Waals surface area contributed by atoms with Crippen LogP contribution in [0.3, 0.4) is 0 Å². The number of hydrogen-bond donors (Lipinski definition) is 1. The van der Waals surface area contributed by atoms with E-state index in [1.54, 1.807) is 0 Å². The van der Waals surface area contributed by atoms with Gasteiger partial charge in [0, 0.05) is 18.1 Å². The van der Waals surface area contributed by atoms with Crippen molar-refractivity contribution in [2.45, 2.75) is 13.3 Å². The molecule has 1 heterocycles. The van der Waals surface area contributed by atoms with E-state index in [-0.39, 0.29) is 5.91 Å². The smallest absolute Gasteiger partial charge is 0.224 e. The highest BCUT2D eigenvalue weighted by molar-refractivity contribution is 5.78. The Kier molecular flexibility index (Phi) is 5.52. The molecule has 0 aliphatic heterocycles. The van der Waals surface area contributed by atoms with Gasteiger partial charge < -0.3 is 14.6 Å². The first kappa shape index (κ1) is 16.8. The number of ether oxygens (including phenoxy) is 1. The van der Waals surface area contributed by atoms with E-state index < -0.39 is 0 Å². The number of carbonyl (C=O) groups excluding carboxylic acids is 1. The van der Waals surface area contributed by atoms with E-state index >= 15 is 0 Å². The van der Waals surface area contributed by atoms with E-state index in [9.17, 15) is 4.79 Å². The molecule has 0 spiro atoms. The highest BCUT2D eigenvalue weighted by atomic mass is 16.5. The standard InChI is InChI=1S/C21H22N2O2/c1-17-5-4-6-20(15-17)25-14-11-22-21(24)16-18-7-9-19(10-8-18)23-12-2-3-13-23/h2-10,12-13,15H,11,14,16H2,1H3,(H,22,24). The lowest BCUT2D eigenvalue weighted by Gasteiger charge is -2.09. The largest absolute Gasteiger partial charge is 0.492 e. The van der Waals surface area contributed by atoms with Gasteiger partial charge in [-0.05, 0) is 54.4 Å². The van der Waals surface area contributed by atoms with Crippen LogP contribution in [0.1, 0.15) is 11.1 Å². The van der Waals surface area contributed by atoms with Crippen LogP contribution in [0, 0.1) is 6.92 Å². The Morgan fingerprint density at radius 3 is 2.52 bits per heavy atom. The minimum Gasteiger partial charge on any atom is -0.492 e. The van der Waals surface area contributed by atoms with Crippen molar-refractivity contribution >= 4 is 5.91 Å². The van der Waals surface area contributed by atoms with Crippen molar-refractivity contribution in [1.29, 1.82) is 0 Å². The monoisotopic (exact) mass is 334 g/mol. The summed E-state index contributed by atoms with van der Waals surface area (Å²) in [5.74, 6) is 0.830.